The van der Waals surface area contributed by atoms with Crippen molar-refractivity contribution >= 4 is 11.0 Å². The molecule has 1 N–H and O–H groups in total. The lowest BCUT2D eigenvalue weighted by Gasteiger charge is -2.22. The van der Waals surface area contributed by atoms with Gasteiger partial charge in [0.25, 0.3) is 0 Å². The first-order valence-electron chi connectivity index (χ1n) is 20.3. The molecule has 0 fully saturated rings. The van der Waals surface area contributed by atoms with Crippen LogP contribution in [-0.2, 0) is 5.41 Å². The zero-order valence-electron chi connectivity index (χ0n) is 35.2. The molecule has 0 saturated carbocycles. The Balaban J connectivity index is 1.33. The number of phenols is 1. The topological polar surface area (TPSA) is 50.9 Å². The molecule has 6 aromatic carbocycles. The molecule has 0 radical (unpaired) electrons. The van der Waals surface area contributed by atoms with Crippen molar-refractivity contribution in [1.29, 1.82) is 0 Å². The SMILES string of the molecule is [2H]C(C)(C)c1cccc(C([2H])(C)C)c1-c1ccc(-n2c(-c3ccccc3O)nc3c(-c4cc(-c5cc(-c6ccccc6)ccn5)cc(C(C)(C)C)c4)cccc32)cc1. The Morgan fingerprint density at radius 2 is 1.23 bits per heavy atom. The first kappa shape index (κ1) is 34.2. The zero-order chi connectivity index (χ0) is 41.0. The average Bonchev–Trinajstić information content (AvgIpc) is 3.59. The number of aromatic hydroxyl groups is 1. The summed E-state index contributed by atoms with van der Waals surface area (Å²) in [6.45, 7) is 14.3. The predicted octanol–water partition coefficient (Wildman–Crippen LogP) is 14.0. The van der Waals surface area contributed by atoms with Crippen LogP contribution in [-0.4, -0.2) is 19.6 Å². The van der Waals surface area contributed by atoms with Crippen LogP contribution in [0.2, 0.25) is 0 Å². The summed E-state index contributed by atoms with van der Waals surface area (Å²) in [6.07, 6.45) is 1.88. The minimum absolute atomic E-state index is 0.138. The van der Waals surface area contributed by atoms with E-state index in [1.54, 1.807) is 6.07 Å². The number of benzene rings is 6. The number of fused-ring (bicyclic) bond motifs is 1. The Bertz CT molecular complexity index is 2750. The molecule has 2 aromatic heterocycles. The largest absolute Gasteiger partial charge is 0.507 e. The number of imidazole rings is 1. The molecule has 0 spiro atoms. The van der Waals surface area contributed by atoms with Gasteiger partial charge in [-0.25, -0.2) is 4.98 Å². The number of hydrogen-bond donors (Lipinski definition) is 1. The van der Waals surface area contributed by atoms with E-state index in [2.05, 4.69) is 122 Å². The summed E-state index contributed by atoms with van der Waals surface area (Å²) in [4.78, 5) is 10.2. The van der Waals surface area contributed by atoms with Gasteiger partial charge in [-0.3, -0.25) is 9.55 Å². The Morgan fingerprint density at radius 3 is 1.91 bits per heavy atom. The second-order valence-electron chi connectivity index (χ2n) is 16.1. The lowest BCUT2D eigenvalue weighted by Crippen LogP contribution is -2.11. The minimum atomic E-state index is -0.866. The van der Waals surface area contributed by atoms with E-state index >= 15 is 0 Å². The highest BCUT2D eigenvalue weighted by Gasteiger charge is 2.23. The summed E-state index contributed by atoms with van der Waals surface area (Å²) in [6, 6.07) is 49.2. The molecular formula is C52H49N3O. The van der Waals surface area contributed by atoms with Gasteiger partial charge in [0, 0.05) is 25.8 Å². The van der Waals surface area contributed by atoms with Crippen molar-refractivity contribution in [1.82, 2.24) is 14.5 Å². The molecule has 0 amide bonds. The highest BCUT2D eigenvalue weighted by molar-refractivity contribution is 5.97. The van der Waals surface area contributed by atoms with E-state index < -0.39 is 11.8 Å². The number of phenolic OH excluding ortho intramolecular Hbond substituents is 1. The van der Waals surface area contributed by atoms with Crippen LogP contribution in [0.15, 0.2) is 152 Å². The van der Waals surface area contributed by atoms with E-state index in [4.69, 9.17) is 12.7 Å². The van der Waals surface area contributed by atoms with Crippen LogP contribution in [0.5, 0.6) is 5.75 Å². The Morgan fingerprint density at radius 1 is 0.589 bits per heavy atom. The maximum Gasteiger partial charge on any atom is 0.149 e. The average molecular weight is 734 g/mol. The number of nitrogens with zero attached hydrogens (tertiary/aromatic N) is 3. The van der Waals surface area contributed by atoms with Gasteiger partial charge in [-0.2, -0.15) is 0 Å². The Kier molecular flexibility index (Phi) is 9.03. The maximum absolute atomic E-state index is 11.3. The Hall–Kier alpha value is -6.26. The van der Waals surface area contributed by atoms with Gasteiger partial charge in [0.1, 0.15) is 11.6 Å². The third-order valence-corrected chi connectivity index (χ3v) is 10.7. The number of hydrogen-bond acceptors (Lipinski definition) is 3. The smallest absolute Gasteiger partial charge is 0.149 e. The fraction of sp³-hybridized carbons (Fsp3) is 0.192. The first-order valence-corrected chi connectivity index (χ1v) is 19.3. The highest BCUT2D eigenvalue weighted by Crippen LogP contribution is 2.41. The van der Waals surface area contributed by atoms with E-state index in [0.717, 1.165) is 72.5 Å². The van der Waals surface area contributed by atoms with Gasteiger partial charge >= 0.3 is 0 Å². The fourth-order valence-corrected chi connectivity index (χ4v) is 7.67. The molecule has 0 aliphatic carbocycles. The third-order valence-electron chi connectivity index (χ3n) is 10.7. The van der Waals surface area contributed by atoms with Gasteiger partial charge in [0.2, 0.25) is 0 Å². The van der Waals surface area contributed by atoms with Gasteiger partial charge in [-0.15, -0.1) is 0 Å². The molecule has 2 heterocycles. The Labute approximate surface area is 334 Å². The standard InChI is InChI=1S/C52H49N3O/c1-33(2)42-18-13-19-43(34(3)4)49(42)36-23-25-41(26-24-36)55-47-21-14-20-44(50(47)54-51(55)45-17-11-12-22-48(45)56)38-29-39(31-40(30-38)52(5,6)7)46-32-37(27-28-53-46)35-15-9-8-10-16-35/h8-34,56H,1-7H3/i33D,34D. The van der Waals surface area contributed by atoms with Crippen LogP contribution in [0.1, 0.15) is 79.7 Å². The van der Waals surface area contributed by atoms with Crippen molar-refractivity contribution < 1.29 is 7.85 Å². The third kappa shape index (κ3) is 6.92. The molecule has 4 heteroatoms. The van der Waals surface area contributed by atoms with Gasteiger partial charge < -0.3 is 5.11 Å². The van der Waals surface area contributed by atoms with E-state index in [1.807, 2.05) is 76.4 Å². The predicted molar refractivity (Wildman–Crippen MR) is 235 cm³/mol. The van der Waals surface area contributed by atoms with Crippen LogP contribution < -0.4 is 0 Å². The number of pyridine rings is 1. The zero-order valence-corrected chi connectivity index (χ0v) is 33.2. The minimum Gasteiger partial charge on any atom is -0.507 e. The molecule has 8 rings (SSSR count). The van der Waals surface area contributed by atoms with E-state index in [1.165, 1.54) is 5.56 Å². The quantitative estimate of drug-likeness (QED) is 0.169. The summed E-state index contributed by atoms with van der Waals surface area (Å²) in [5.41, 5.74) is 14.1. The monoisotopic (exact) mass is 733 g/mol. The number of para-hydroxylation sites is 2. The summed E-state index contributed by atoms with van der Waals surface area (Å²) >= 11 is 0. The second-order valence-corrected chi connectivity index (χ2v) is 16.1. The van der Waals surface area contributed by atoms with Crippen molar-refractivity contribution in [3.63, 3.8) is 0 Å². The molecule has 0 aliphatic rings. The van der Waals surface area contributed by atoms with E-state index in [0.29, 0.717) is 11.4 Å². The van der Waals surface area contributed by atoms with Gasteiger partial charge in [-0.05, 0) is 116 Å². The molecule has 56 heavy (non-hydrogen) atoms. The van der Waals surface area contributed by atoms with Crippen LogP contribution in [0.3, 0.4) is 0 Å². The molecular weight excluding hydrogens is 683 g/mol. The molecule has 0 bridgehead atoms. The van der Waals surface area contributed by atoms with E-state index in [-0.39, 0.29) is 11.2 Å². The molecule has 8 aromatic rings. The van der Waals surface area contributed by atoms with Crippen LogP contribution in [0.4, 0.5) is 0 Å². The van der Waals surface area contributed by atoms with Gasteiger partial charge in [-0.1, -0.05) is 139 Å². The van der Waals surface area contributed by atoms with Crippen LogP contribution in [0.25, 0.3) is 72.7 Å². The molecule has 4 nitrogen and oxygen atoms in total. The lowest BCUT2D eigenvalue weighted by molar-refractivity contribution is 0.477. The van der Waals surface area contributed by atoms with Crippen molar-refractivity contribution in [2.24, 2.45) is 0 Å². The summed E-state index contributed by atoms with van der Waals surface area (Å²) in [5, 5.41) is 11.3. The number of aromatic nitrogens is 3. The molecule has 278 valence electrons. The normalized spacial score (nSPS) is 12.8. The lowest BCUT2D eigenvalue weighted by atomic mass is 9.83. The number of rotatable bonds is 8. The van der Waals surface area contributed by atoms with Crippen molar-refractivity contribution in [2.75, 3.05) is 0 Å². The van der Waals surface area contributed by atoms with Crippen LogP contribution >= 0.6 is 0 Å². The summed E-state index contributed by atoms with van der Waals surface area (Å²) in [5.74, 6) is -0.962. The van der Waals surface area contributed by atoms with Crippen molar-refractivity contribution in [3.05, 3.63) is 168 Å². The molecule has 0 saturated heterocycles. The molecule has 0 unspecified atom stereocenters. The second kappa shape index (κ2) is 14.8. The van der Waals surface area contributed by atoms with Gasteiger partial charge in [0.15, 0.2) is 0 Å². The fourth-order valence-electron chi connectivity index (χ4n) is 7.67. The van der Waals surface area contributed by atoms with E-state index in [9.17, 15) is 5.11 Å². The first-order chi connectivity index (χ1) is 27.6. The molecule has 0 aliphatic heterocycles. The maximum atomic E-state index is 11.3. The van der Waals surface area contributed by atoms with Crippen LogP contribution in [0, 0.1) is 0 Å². The van der Waals surface area contributed by atoms with Crippen molar-refractivity contribution in [3.8, 4) is 67.5 Å². The van der Waals surface area contributed by atoms with Gasteiger partial charge in [0.05, 0.1) is 22.3 Å². The molecule has 0 atom stereocenters. The van der Waals surface area contributed by atoms with Crippen molar-refractivity contribution in [2.45, 2.75) is 65.7 Å². The summed E-state index contributed by atoms with van der Waals surface area (Å²) < 4.78 is 20.1. The highest BCUT2D eigenvalue weighted by atomic mass is 16.3. The summed E-state index contributed by atoms with van der Waals surface area (Å²) in [7, 11) is 0.